The van der Waals surface area contributed by atoms with Gasteiger partial charge in [-0.25, -0.2) is 0 Å². The third-order valence-electron chi connectivity index (χ3n) is 5.00. The molecule has 21 heavy (non-hydrogen) atoms. The van der Waals surface area contributed by atoms with Gasteiger partial charge in [-0.1, -0.05) is 27.7 Å². The summed E-state index contributed by atoms with van der Waals surface area (Å²) in [6.45, 7) is 11.0. The summed E-state index contributed by atoms with van der Waals surface area (Å²) in [5, 5.41) is 16.9. The van der Waals surface area contributed by atoms with Crippen LogP contribution in [0.5, 0.6) is 0 Å². The number of hydrogen-bond donors (Lipinski definition) is 3. The van der Waals surface area contributed by atoms with Crippen LogP contribution in [-0.4, -0.2) is 35.2 Å². The van der Waals surface area contributed by atoms with Gasteiger partial charge in [0.15, 0.2) is 0 Å². The lowest BCUT2D eigenvalue weighted by molar-refractivity contribution is -0.124. The molecule has 1 unspecified atom stereocenters. The van der Waals surface area contributed by atoms with Gasteiger partial charge in [0.1, 0.15) is 0 Å². The highest BCUT2D eigenvalue weighted by atomic mass is 16.3. The van der Waals surface area contributed by atoms with E-state index in [0.717, 1.165) is 38.5 Å². The molecule has 1 atom stereocenters. The fraction of sp³-hybridized carbons (Fsp3) is 0.941. The third kappa shape index (κ3) is 5.95. The maximum atomic E-state index is 12.1. The molecule has 1 amide bonds. The van der Waals surface area contributed by atoms with Crippen LogP contribution in [-0.2, 0) is 4.79 Å². The van der Waals surface area contributed by atoms with Gasteiger partial charge in [0, 0.05) is 12.6 Å². The minimum atomic E-state index is -0.654. The van der Waals surface area contributed by atoms with E-state index in [0.29, 0.717) is 12.0 Å². The second kappa shape index (κ2) is 7.59. The Morgan fingerprint density at radius 3 is 2.14 bits per heavy atom. The van der Waals surface area contributed by atoms with Crippen molar-refractivity contribution < 1.29 is 9.90 Å². The van der Waals surface area contributed by atoms with E-state index in [-0.39, 0.29) is 18.0 Å². The predicted octanol–water partition coefficient (Wildman–Crippen LogP) is 2.60. The molecule has 0 spiro atoms. The van der Waals surface area contributed by atoms with Crippen LogP contribution >= 0.6 is 0 Å². The van der Waals surface area contributed by atoms with Crippen LogP contribution < -0.4 is 10.6 Å². The number of carbonyl (C=O) groups excluding carboxylic acids is 1. The van der Waals surface area contributed by atoms with Crippen molar-refractivity contribution in [1.82, 2.24) is 10.6 Å². The summed E-state index contributed by atoms with van der Waals surface area (Å²) in [7, 11) is 0. The Balaban J connectivity index is 2.38. The molecule has 1 saturated carbocycles. The van der Waals surface area contributed by atoms with E-state index in [4.69, 9.17) is 0 Å². The van der Waals surface area contributed by atoms with Crippen LogP contribution in [0.3, 0.4) is 0 Å². The molecule has 0 aliphatic heterocycles. The molecule has 4 nitrogen and oxygen atoms in total. The molecule has 1 rings (SSSR count). The highest BCUT2D eigenvalue weighted by Gasteiger charge is 2.36. The lowest BCUT2D eigenvalue weighted by atomic mass is 9.71. The molecule has 0 aromatic rings. The topological polar surface area (TPSA) is 61.4 Å². The van der Waals surface area contributed by atoms with Crippen molar-refractivity contribution in [1.29, 1.82) is 0 Å². The summed E-state index contributed by atoms with van der Waals surface area (Å²) < 4.78 is 0. The fourth-order valence-corrected chi connectivity index (χ4v) is 2.82. The quantitative estimate of drug-likeness (QED) is 0.677. The normalized spacial score (nSPS) is 22.0. The largest absolute Gasteiger partial charge is 0.389 e. The van der Waals surface area contributed by atoms with Crippen molar-refractivity contribution in [2.45, 2.75) is 90.8 Å². The number of nitrogens with one attached hydrogen (secondary N) is 2. The second-order valence-corrected chi connectivity index (χ2v) is 7.51. The van der Waals surface area contributed by atoms with Gasteiger partial charge >= 0.3 is 0 Å². The molecule has 0 saturated heterocycles. The van der Waals surface area contributed by atoms with E-state index in [1.165, 1.54) is 0 Å². The molecule has 0 heterocycles. The monoisotopic (exact) mass is 298 g/mol. The van der Waals surface area contributed by atoms with E-state index in [2.05, 4.69) is 38.3 Å². The zero-order valence-electron chi connectivity index (χ0n) is 14.5. The van der Waals surface area contributed by atoms with Crippen LogP contribution in [0.4, 0.5) is 0 Å². The second-order valence-electron chi connectivity index (χ2n) is 7.51. The molecular weight excluding hydrogens is 264 g/mol. The van der Waals surface area contributed by atoms with Crippen molar-refractivity contribution in [3.63, 3.8) is 0 Å². The molecular formula is C17H34N2O2. The highest BCUT2D eigenvalue weighted by molar-refractivity contribution is 5.81. The summed E-state index contributed by atoms with van der Waals surface area (Å²) in [5.74, 6) is 0.0310. The van der Waals surface area contributed by atoms with E-state index in [1.54, 1.807) is 0 Å². The molecule has 0 bridgehead atoms. The average Bonchev–Trinajstić information content (AvgIpc) is 2.45. The number of amides is 1. The Labute approximate surface area is 130 Å². The first-order valence-corrected chi connectivity index (χ1v) is 8.47. The van der Waals surface area contributed by atoms with E-state index in [1.807, 2.05) is 6.92 Å². The molecule has 0 aromatic carbocycles. The molecule has 124 valence electrons. The van der Waals surface area contributed by atoms with Crippen molar-refractivity contribution in [2.24, 2.45) is 5.41 Å². The van der Waals surface area contributed by atoms with Gasteiger partial charge in [-0.15, -0.1) is 0 Å². The van der Waals surface area contributed by atoms with Crippen LogP contribution in [0.1, 0.15) is 73.1 Å². The Hall–Kier alpha value is -0.610. The van der Waals surface area contributed by atoms with Crippen LogP contribution in [0.15, 0.2) is 0 Å². The zero-order valence-corrected chi connectivity index (χ0v) is 14.5. The zero-order chi connectivity index (χ0) is 16.1. The summed E-state index contributed by atoms with van der Waals surface area (Å²) in [5.41, 5.74) is -0.316. The van der Waals surface area contributed by atoms with Crippen molar-refractivity contribution in [2.75, 3.05) is 6.54 Å². The van der Waals surface area contributed by atoms with Crippen LogP contribution in [0.2, 0.25) is 0 Å². The molecule has 0 aromatic heterocycles. The van der Waals surface area contributed by atoms with Gasteiger partial charge in [-0.05, 0) is 50.9 Å². The first-order chi connectivity index (χ1) is 9.71. The molecule has 4 heteroatoms. The molecule has 3 N–H and O–H groups in total. The van der Waals surface area contributed by atoms with Gasteiger partial charge in [0.2, 0.25) is 5.91 Å². The van der Waals surface area contributed by atoms with Gasteiger partial charge in [-0.2, -0.15) is 0 Å². The maximum Gasteiger partial charge on any atom is 0.237 e. The summed E-state index contributed by atoms with van der Waals surface area (Å²) in [6.07, 6.45) is 5.61. The van der Waals surface area contributed by atoms with E-state index < -0.39 is 5.60 Å². The molecule has 0 radical (unpaired) electrons. The minimum Gasteiger partial charge on any atom is -0.389 e. The maximum absolute atomic E-state index is 12.1. The first-order valence-electron chi connectivity index (χ1n) is 8.47. The molecule has 1 fully saturated rings. The number of rotatable bonds is 7. The number of aliphatic hydroxyl groups is 1. The predicted molar refractivity (Wildman–Crippen MR) is 87.2 cm³/mol. The van der Waals surface area contributed by atoms with Gasteiger partial charge in [-0.3, -0.25) is 4.79 Å². The smallest absolute Gasteiger partial charge is 0.237 e. The summed E-state index contributed by atoms with van der Waals surface area (Å²) in [6, 6.07) is -0.00937. The van der Waals surface area contributed by atoms with E-state index in [9.17, 15) is 9.90 Å². The van der Waals surface area contributed by atoms with Crippen molar-refractivity contribution >= 4 is 5.91 Å². The van der Waals surface area contributed by atoms with Gasteiger partial charge in [0.25, 0.3) is 0 Å². The lowest BCUT2D eigenvalue weighted by Gasteiger charge is -2.40. The fourth-order valence-electron chi connectivity index (χ4n) is 2.82. The van der Waals surface area contributed by atoms with Crippen molar-refractivity contribution in [3.8, 4) is 0 Å². The lowest BCUT2D eigenvalue weighted by Crippen LogP contribution is -2.52. The molecule has 1 aliphatic rings. The number of hydrogen-bond acceptors (Lipinski definition) is 3. The first kappa shape index (κ1) is 18.4. The van der Waals surface area contributed by atoms with Gasteiger partial charge in [0.05, 0.1) is 11.6 Å². The average molecular weight is 298 g/mol. The number of carbonyl (C=O) groups is 1. The summed E-state index contributed by atoms with van der Waals surface area (Å²) in [4.78, 5) is 12.1. The third-order valence-corrected chi connectivity index (χ3v) is 5.00. The Bertz CT molecular complexity index is 328. The Kier molecular flexibility index (Phi) is 6.67. The summed E-state index contributed by atoms with van der Waals surface area (Å²) >= 11 is 0. The Morgan fingerprint density at radius 2 is 1.67 bits per heavy atom. The van der Waals surface area contributed by atoms with Crippen LogP contribution in [0.25, 0.3) is 0 Å². The standard InChI is InChI=1S/C17H34N2O2/c1-6-14(7-2)19-15(20)13(3)18-12-17(21)10-8-16(4,5)9-11-17/h13-14,18,21H,6-12H2,1-5H3,(H,19,20). The Morgan fingerprint density at radius 1 is 1.14 bits per heavy atom. The van der Waals surface area contributed by atoms with Crippen LogP contribution in [0, 0.1) is 5.41 Å². The van der Waals surface area contributed by atoms with Crippen molar-refractivity contribution in [3.05, 3.63) is 0 Å². The van der Waals surface area contributed by atoms with Gasteiger partial charge < -0.3 is 15.7 Å². The van der Waals surface area contributed by atoms with E-state index >= 15 is 0 Å². The highest BCUT2D eigenvalue weighted by Crippen LogP contribution is 2.39. The minimum absolute atomic E-state index is 0.0310. The molecule has 1 aliphatic carbocycles. The SMILES string of the molecule is CCC(CC)NC(=O)C(C)NCC1(O)CCC(C)(C)CC1.